The molecule has 2 saturated carbocycles. The molecule has 0 aliphatic heterocycles. The standard InChI is InChI=1S/C35H49N3O7S/c1-3-4-22-45-31-19-16-29(23-32(31)46(2,43)44)37-35(42)38(30-17-14-27(15-18-30)26-8-6-5-7-9-26)24-25-10-12-28(13-11-25)34(41)36-21-20-33(39)40/h10-13,16,19,23,26-27,30H,3-9,14-15,17-18,20-22,24H2,1-2H3,(H,36,41)(H,37,42)(H,39,40). The molecule has 3 N–H and O–H groups in total. The van der Waals surface area contributed by atoms with Crippen LogP contribution in [0.5, 0.6) is 5.75 Å². The lowest BCUT2D eigenvalue weighted by Crippen LogP contribution is -2.44. The van der Waals surface area contributed by atoms with E-state index in [-0.39, 0.29) is 41.6 Å². The first-order valence-corrected chi connectivity index (χ1v) is 18.6. The van der Waals surface area contributed by atoms with Crippen molar-refractivity contribution in [1.29, 1.82) is 0 Å². The second-order valence-corrected chi connectivity index (χ2v) is 14.7. The molecule has 0 unspecified atom stereocenters. The number of benzene rings is 2. The fourth-order valence-corrected chi connectivity index (χ4v) is 7.55. The van der Waals surface area contributed by atoms with Gasteiger partial charge in [0.1, 0.15) is 10.6 Å². The molecule has 0 heterocycles. The van der Waals surface area contributed by atoms with Gasteiger partial charge in [0, 0.05) is 36.6 Å². The number of aliphatic carboxylic acids is 1. The first-order chi connectivity index (χ1) is 22.0. The van der Waals surface area contributed by atoms with E-state index in [0.29, 0.717) is 30.3 Å². The topological polar surface area (TPSA) is 142 Å². The van der Waals surface area contributed by atoms with E-state index >= 15 is 0 Å². The van der Waals surface area contributed by atoms with Crippen LogP contribution in [0, 0.1) is 11.8 Å². The SMILES string of the molecule is CCCCOc1ccc(NC(=O)N(Cc2ccc(C(=O)NCCC(=O)O)cc2)C2CCC(C3CCCCC3)CC2)cc1S(C)(=O)=O. The second-order valence-electron chi connectivity index (χ2n) is 12.8. The molecule has 0 bridgehead atoms. The van der Waals surface area contributed by atoms with E-state index in [0.717, 1.165) is 56.3 Å². The van der Waals surface area contributed by atoms with Crippen LogP contribution in [-0.2, 0) is 21.2 Å². The minimum Gasteiger partial charge on any atom is -0.492 e. The van der Waals surface area contributed by atoms with Gasteiger partial charge in [-0.3, -0.25) is 9.59 Å². The molecule has 0 spiro atoms. The first kappa shape index (κ1) is 35.3. The molecule has 3 amide bonds. The van der Waals surface area contributed by atoms with Crippen LogP contribution >= 0.6 is 0 Å². The number of nitrogens with one attached hydrogen (secondary N) is 2. The maximum absolute atomic E-state index is 13.9. The van der Waals surface area contributed by atoms with Crippen molar-refractivity contribution < 1.29 is 32.6 Å². The lowest BCUT2D eigenvalue weighted by molar-refractivity contribution is -0.136. The van der Waals surface area contributed by atoms with Crippen LogP contribution in [0.15, 0.2) is 47.4 Å². The summed E-state index contributed by atoms with van der Waals surface area (Å²) in [6.07, 6.45) is 13.2. The minimum atomic E-state index is -3.61. The van der Waals surface area contributed by atoms with Crippen LogP contribution in [0.2, 0.25) is 0 Å². The Morgan fingerprint density at radius 1 is 0.935 bits per heavy atom. The van der Waals surface area contributed by atoms with Gasteiger partial charge in [-0.1, -0.05) is 57.6 Å². The Bertz CT molecular complexity index is 1430. The fourth-order valence-electron chi connectivity index (χ4n) is 6.72. The third-order valence-electron chi connectivity index (χ3n) is 9.30. The highest BCUT2D eigenvalue weighted by Crippen LogP contribution is 2.40. The molecule has 0 saturated heterocycles. The van der Waals surface area contributed by atoms with Crippen LogP contribution in [-0.4, -0.2) is 61.8 Å². The maximum atomic E-state index is 13.9. The number of hydrogen-bond donors (Lipinski definition) is 3. The van der Waals surface area contributed by atoms with Gasteiger partial charge < -0.3 is 25.4 Å². The summed E-state index contributed by atoms with van der Waals surface area (Å²) in [6, 6.07) is 11.4. The molecule has 0 radical (unpaired) electrons. The smallest absolute Gasteiger partial charge is 0.322 e. The van der Waals surface area contributed by atoms with Crippen molar-refractivity contribution in [2.45, 2.75) is 101 Å². The largest absolute Gasteiger partial charge is 0.492 e. The number of hydrogen-bond acceptors (Lipinski definition) is 6. The van der Waals surface area contributed by atoms with Gasteiger partial charge in [-0.2, -0.15) is 0 Å². The zero-order valence-corrected chi connectivity index (χ0v) is 27.9. The van der Waals surface area contributed by atoms with Crippen LogP contribution in [0.3, 0.4) is 0 Å². The number of amides is 3. The van der Waals surface area contributed by atoms with Crippen LogP contribution in [0.1, 0.15) is 99.9 Å². The molecule has 2 aliphatic rings. The molecule has 46 heavy (non-hydrogen) atoms. The summed E-state index contributed by atoms with van der Waals surface area (Å²) < 4.78 is 31.0. The highest BCUT2D eigenvalue weighted by molar-refractivity contribution is 7.90. The van der Waals surface area contributed by atoms with Crippen LogP contribution in [0.25, 0.3) is 0 Å². The van der Waals surface area contributed by atoms with Gasteiger partial charge in [0.25, 0.3) is 5.91 Å². The van der Waals surface area contributed by atoms with E-state index < -0.39 is 15.8 Å². The van der Waals surface area contributed by atoms with Crippen molar-refractivity contribution in [3.63, 3.8) is 0 Å². The predicted octanol–water partition coefficient (Wildman–Crippen LogP) is 6.65. The highest BCUT2D eigenvalue weighted by atomic mass is 32.2. The summed E-state index contributed by atoms with van der Waals surface area (Å²) in [7, 11) is -3.61. The number of carboxylic acids is 1. The van der Waals surface area contributed by atoms with Crippen molar-refractivity contribution in [2.24, 2.45) is 11.8 Å². The Kier molecular flexibility index (Phi) is 12.9. The van der Waals surface area contributed by atoms with Gasteiger partial charge >= 0.3 is 12.0 Å². The molecule has 2 aromatic carbocycles. The Morgan fingerprint density at radius 2 is 1.61 bits per heavy atom. The predicted molar refractivity (Wildman–Crippen MR) is 178 cm³/mol. The van der Waals surface area contributed by atoms with Crippen LogP contribution in [0.4, 0.5) is 10.5 Å². The number of urea groups is 1. The number of unbranched alkanes of at least 4 members (excludes halogenated alkanes) is 1. The van der Waals surface area contributed by atoms with E-state index in [4.69, 9.17) is 9.84 Å². The van der Waals surface area contributed by atoms with Crippen molar-refractivity contribution in [1.82, 2.24) is 10.2 Å². The molecule has 252 valence electrons. The van der Waals surface area contributed by atoms with E-state index in [1.54, 1.807) is 24.3 Å². The summed E-state index contributed by atoms with van der Waals surface area (Å²) >= 11 is 0. The number of carbonyl (C=O) groups excluding carboxylic acids is 2. The number of carbonyl (C=O) groups is 3. The number of nitrogens with zero attached hydrogens (tertiary/aromatic N) is 1. The van der Waals surface area contributed by atoms with Crippen molar-refractivity contribution in [2.75, 3.05) is 24.7 Å². The van der Waals surface area contributed by atoms with E-state index in [2.05, 4.69) is 10.6 Å². The molecule has 2 fully saturated rings. The van der Waals surface area contributed by atoms with Gasteiger partial charge in [0.15, 0.2) is 9.84 Å². The van der Waals surface area contributed by atoms with E-state index in [9.17, 15) is 22.8 Å². The summed E-state index contributed by atoms with van der Waals surface area (Å²) in [5.74, 6) is 0.411. The Morgan fingerprint density at radius 3 is 2.24 bits per heavy atom. The second kappa shape index (κ2) is 16.8. The third kappa shape index (κ3) is 10.2. The summed E-state index contributed by atoms with van der Waals surface area (Å²) in [6.45, 7) is 2.80. The van der Waals surface area contributed by atoms with Gasteiger partial charge in [0.05, 0.1) is 13.0 Å². The zero-order valence-electron chi connectivity index (χ0n) is 27.1. The van der Waals surface area contributed by atoms with E-state index in [1.807, 2.05) is 24.0 Å². The molecule has 0 aromatic heterocycles. The Labute approximate surface area is 273 Å². The van der Waals surface area contributed by atoms with Crippen molar-refractivity contribution in [3.8, 4) is 5.75 Å². The molecule has 2 aromatic rings. The molecular weight excluding hydrogens is 606 g/mol. The summed E-state index contributed by atoms with van der Waals surface area (Å²) in [5, 5.41) is 14.4. The minimum absolute atomic E-state index is 0.0184. The van der Waals surface area contributed by atoms with Gasteiger partial charge in [-0.25, -0.2) is 13.2 Å². The van der Waals surface area contributed by atoms with Gasteiger partial charge in [-0.05, 0) is 79.8 Å². The zero-order chi connectivity index (χ0) is 33.1. The lowest BCUT2D eigenvalue weighted by Gasteiger charge is -2.40. The van der Waals surface area contributed by atoms with Gasteiger partial charge in [-0.15, -0.1) is 0 Å². The molecular formula is C35H49N3O7S. The number of ether oxygens (including phenoxy) is 1. The molecule has 0 atom stereocenters. The molecule has 11 heteroatoms. The normalized spacial score (nSPS) is 18.8. The highest BCUT2D eigenvalue weighted by Gasteiger charge is 2.33. The molecule has 10 nitrogen and oxygen atoms in total. The quantitative estimate of drug-likeness (QED) is 0.194. The summed E-state index contributed by atoms with van der Waals surface area (Å²) in [4.78, 5) is 39.0. The van der Waals surface area contributed by atoms with Gasteiger partial charge in [0.2, 0.25) is 0 Å². The molecule has 2 aliphatic carbocycles. The van der Waals surface area contributed by atoms with Crippen LogP contribution < -0.4 is 15.4 Å². The first-order valence-electron chi connectivity index (χ1n) is 16.7. The van der Waals surface area contributed by atoms with Crippen molar-refractivity contribution in [3.05, 3.63) is 53.6 Å². The van der Waals surface area contributed by atoms with Crippen molar-refractivity contribution >= 4 is 33.4 Å². The van der Waals surface area contributed by atoms with E-state index in [1.165, 1.54) is 38.2 Å². The average Bonchev–Trinajstić information content (AvgIpc) is 3.04. The maximum Gasteiger partial charge on any atom is 0.322 e. The summed E-state index contributed by atoms with van der Waals surface area (Å²) in [5.41, 5.74) is 1.64. The molecule has 4 rings (SSSR count). The Hall–Kier alpha value is -3.60. The fraction of sp³-hybridized carbons (Fsp3) is 0.571. The number of rotatable bonds is 14. The number of anilines is 1. The Balaban J connectivity index is 1.50. The number of carboxylic acid groups (broad SMARTS) is 1. The monoisotopic (exact) mass is 655 g/mol. The third-order valence-corrected chi connectivity index (χ3v) is 10.4. The lowest BCUT2D eigenvalue weighted by atomic mass is 9.72. The number of sulfone groups is 1. The average molecular weight is 656 g/mol.